The second-order valence-corrected chi connectivity index (χ2v) is 7.52. The zero-order chi connectivity index (χ0) is 22.1. The average Bonchev–Trinajstić information content (AvgIpc) is 2.83. The quantitative estimate of drug-likeness (QED) is 0.392. The van der Waals surface area contributed by atoms with E-state index in [4.69, 9.17) is 4.42 Å². The van der Waals surface area contributed by atoms with Gasteiger partial charge in [0.2, 0.25) is 0 Å². The van der Waals surface area contributed by atoms with Crippen LogP contribution in [0.2, 0.25) is 0 Å². The van der Waals surface area contributed by atoms with Gasteiger partial charge < -0.3 is 14.8 Å². The first-order valence-electron chi connectivity index (χ1n) is 10.2. The molecule has 0 aliphatic rings. The van der Waals surface area contributed by atoms with Crippen LogP contribution in [0.5, 0.6) is 5.75 Å². The van der Waals surface area contributed by atoms with E-state index < -0.39 is 17.6 Å². The molecular weight excluding hydrogens is 402 g/mol. The van der Waals surface area contributed by atoms with Crippen LogP contribution in [-0.4, -0.2) is 11.0 Å². The second kappa shape index (κ2) is 8.04. The molecule has 5 rings (SSSR count). The summed E-state index contributed by atoms with van der Waals surface area (Å²) in [6, 6.07) is 28.3. The molecule has 0 radical (unpaired) electrons. The lowest BCUT2D eigenvalue weighted by molar-refractivity contribution is 0.0939. The third-order valence-electron chi connectivity index (χ3n) is 5.53. The minimum absolute atomic E-state index is 0.0587. The van der Waals surface area contributed by atoms with E-state index in [-0.39, 0.29) is 11.3 Å². The molecule has 1 heterocycles. The van der Waals surface area contributed by atoms with Gasteiger partial charge in [-0.1, -0.05) is 78.9 Å². The van der Waals surface area contributed by atoms with Gasteiger partial charge in [0.1, 0.15) is 16.9 Å². The maximum absolute atomic E-state index is 13.3. The van der Waals surface area contributed by atoms with E-state index in [0.29, 0.717) is 16.5 Å². The lowest BCUT2D eigenvalue weighted by Crippen LogP contribution is -2.32. The van der Waals surface area contributed by atoms with E-state index in [2.05, 4.69) is 5.32 Å². The molecule has 4 aromatic carbocycles. The summed E-state index contributed by atoms with van der Waals surface area (Å²) >= 11 is 0. The van der Waals surface area contributed by atoms with Crippen LogP contribution in [0, 0.1) is 0 Å². The summed E-state index contributed by atoms with van der Waals surface area (Å²) in [5.74, 6) is -0.519. The van der Waals surface area contributed by atoms with E-state index >= 15 is 0 Å². The van der Waals surface area contributed by atoms with Crippen molar-refractivity contribution in [3.63, 3.8) is 0 Å². The molecule has 2 N–H and O–H groups in total. The highest BCUT2D eigenvalue weighted by atomic mass is 16.4. The van der Waals surface area contributed by atoms with Crippen molar-refractivity contribution < 1.29 is 14.3 Å². The molecule has 1 atom stereocenters. The molecule has 0 spiro atoms. The molecule has 156 valence electrons. The maximum atomic E-state index is 13.3. The lowest BCUT2D eigenvalue weighted by Gasteiger charge is -2.22. The van der Waals surface area contributed by atoms with E-state index in [9.17, 15) is 14.7 Å². The third kappa shape index (κ3) is 3.50. The fourth-order valence-electron chi connectivity index (χ4n) is 3.98. The van der Waals surface area contributed by atoms with Crippen LogP contribution >= 0.6 is 0 Å². The number of phenolic OH excluding ortho intramolecular Hbond substituents is 1. The molecule has 1 amide bonds. The van der Waals surface area contributed by atoms with Gasteiger partial charge in [0.05, 0.1) is 6.04 Å². The molecule has 32 heavy (non-hydrogen) atoms. The molecular formula is C27H19NO4. The number of amides is 1. The number of para-hydroxylation sites is 1. The first-order chi connectivity index (χ1) is 15.6. The van der Waals surface area contributed by atoms with Gasteiger partial charge in [-0.3, -0.25) is 4.79 Å². The van der Waals surface area contributed by atoms with Crippen molar-refractivity contribution in [1.82, 2.24) is 5.32 Å². The van der Waals surface area contributed by atoms with Gasteiger partial charge in [0.15, 0.2) is 0 Å². The number of carbonyl (C=O) groups is 1. The van der Waals surface area contributed by atoms with Gasteiger partial charge in [-0.05, 0) is 34.5 Å². The predicted molar refractivity (Wildman–Crippen MR) is 124 cm³/mol. The average molecular weight is 421 g/mol. The van der Waals surface area contributed by atoms with Crippen molar-refractivity contribution in [2.75, 3.05) is 0 Å². The number of rotatable bonds is 4. The Morgan fingerprint density at radius 3 is 2.31 bits per heavy atom. The van der Waals surface area contributed by atoms with Gasteiger partial charge in [-0.15, -0.1) is 0 Å². The Balaban J connectivity index is 1.64. The Morgan fingerprint density at radius 2 is 1.50 bits per heavy atom. The number of hydrogen-bond acceptors (Lipinski definition) is 4. The summed E-state index contributed by atoms with van der Waals surface area (Å²) in [4.78, 5) is 25.8. The van der Waals surface area contributed by atoms with E-state index in [1.807, 2.05) is 66.7 Å². The van der Waals surface area contributed by atoms with Crippen LogP contribution < -0.4 is 10.9 Å². The summed E-state index contributed by atoms with van der Waals surface area (Å²) in [5, 5.41) is 16.1. The Labute approximate surface area is 183 Å². The van der Waals surface area contributed by atoms with Gasteiger partial charge in [0, 0.05) is 10.9 Å². The number of carbonyl (C=O) groups excluding carboxylic acids is 1. The summed E-state index contributed by atoms with van der Waals surface area (Å²) in [5.41, 5.74) is 0.949. The predicted octanol–water partition coefficient (Wildman–Crippen LogP) is 5.17. The van der Waals surface area contributed by atoms with E-state index in [1.165, 1.54) is 6.07 Å². The minimum atomic E-state index is -0.713. The van der Waals surface area contributed by atoms with E-state index in [0.717, 1.165) is 16.3 Å². The summed E-state index contributed by atoms with van der Waals surface area (Å²) in [6.45, 7) is 0. The molecule has 0 saturated carbocycles. The summed E-state index contributed by atoms with van der Waals surface area (Å²) in [7, 11) is 0. The Morgan fingerprint density at radius 1 is 0.812 bits per heavy atom. The normalized spacial score (nSPS) is 12.0. The van der Waals surface area contributed by atoms with Crippen LogP contribution in [0.1, 0.15) is 27.5 Å². The fourth-order valence-corrected chi connectivity index (χ4v) is 3.98. The fraction of sp³-hybridized carbons (Fsp3) is 0.0370. The molecule has 0 bridgehead atoms. The Hall–Kier alpha value is -4.38. The molecule has 0 aliphatic heterocycles. The van der Waals surface area contributed by atoms with Gasteiger partial charge in [-0.2, -0.15) is 0 Å². The third-order valence-corrected chi connectivity index (χ3v) is 5.53. The topological polar surface area (TPSA) is 79.5 Å². The van der Waals surface area contributed by atoms with Crippen LogP contribution in [0.15, 0.2) is 106 Å². The van der Waals surface area contributed by atoms with Crippen LogP contribution in [0.4, 0.5) is 0 Å². The number of fused-ring (bicyclic) bond motifs is 2. The number of phenols is 1. The second-order valence-electron chi connectivity index (χ2n) is 7.52. The zero-order valence-electron chi connectivity index (χ0n) is 17.0. The zero-order valence-corrected chi connectivity index (χ0v) is 17.0. The van der Waals surface area contributed by atoms with Crippen molar-refractivity contribution >= 4 is 27.6 Å². The molecule has 0 saturated heterocycles. The largest absolute Gasteiger partial charge is 0.508 e. The summed E-state index contributed by atoms with van der Waals surface area (Å²) in [6.07, 6.45) is 0. The Kier molecular flexibility index (Phi) is 4.92. The first kappa shape index (κ1) is 19.6. The molecule has 5 nitrogen and oxygen atoms in total. The number of aromatic hydroxyl groups is 1. The monoisotopic (exact) mass is 421 g/mol. The van der Waals surface area contributed by atoms with Crippen molar-refractivity contribution in [2.45, 2.75) is 6.04 Å². The van der Waals surface area contributed by atoms with Crippen molar-refractivity contribution in [2.24, 2.45) is 0 Å². The molecule has 0 aliphatic carbocycles. The standard InChI is InChI=1S/C27H19NO4/c29-22-15-14-17-8-4-6-12-20(17)24(22)25(18-9-2-1-3-10-18)28-26(30)21-16-19-11-5-7-13-23(19)32-27(21)31/h1-16,25,29H,(H,28,30). The highest BCUT2D eigenvalue weighted by Gasteiger charge is 2.24. The minimum Gasteiger partial charge on any atom is -0.508 e. The highest BCUT2D eigenvalue weighted by Crippen LogP contribution is 2.36. The van der Waals surface area contributed by atoms with Crippen molar-refractivity contribution in [3.05, 3.63) is 124 Å². The van der Waals surface area contributed by atoms with Crippen LogP contribution in [-0.2, 0) is 0 Å². The molecule has 5 heteroatoms. The van der Waals surface area contributed by atoms with E-state index in [1.54, 1.807) is 24.3 Å². The molecule has 5 aromatic rings. The summed E-state index contributed by atoms with van der Waals surface area (Å²) < 4.78 is 5.34. The lowest BCUT2D eigenvalue weighted by atomic mass is 9.92. The van der Waals surface area contributed by atoms with Gasteiger partial charge >= 0.3 is 5.63 Å². The van der Waals surface area contributed by atoms with Crippen molar-refractivity contribution in [1.29, 1.82) is 0 Å². The SMILES string of the molecule is O=C(NC(c1ccccc1)c1c(O)ccc2ccccc12)c1cc2ccccc2oc1=O. The smallest absolute Gasteiger partial charge is 0.349 e. The number of hydrogen-bond donors (Lipinski definition) is 2. The highest BCUT2D eigenvalue weighted by molar-refractivity contribution is 5.98. The number of nitrogens with one attached hydrogen (secondary N) is 1. The molecule has 1 aromatic heterocycles. The number of benzene rings is 4. The van der Waals surface area contributed by atoms with Crippen LogP contribution in [0.3, 0.4) is 0 Å². The van der Waals surface area contributed by atoms with Crippen LogP contribution in [0.25, 0.3) is 21.7 Å². The maximum Gasteiger partial charge on any atom is 0.349 e. The first-order valence-corrected chi connectivity index (χ1v) is 10.2. The van der Waals surface area contributed by atoms with Gasteiger partial charge in [0.25, 0.3) is 5.91 Å². The van der Waals surface area contributed by atoms with Gasteiger partial charge in [-0.25, -0.2) is 4.79 Å². The molecule has 0 fully saturated rings. The van der Waals surface area contributed by atoms with Crippen molar-refractivity contribution in [3.8, 4) is 5.75 Å². The Bertz CT molecular complexity index is 1510. The molecule has 1 unspecified atom stereocenters.